The Balaban J connectivity index is 2.02. The third-order valence-electron chi connectivity index (χ3n) is 3.17. The standard InChI is InChI=1S/C11H12FN5/c12-9-6-7(4-5-10(9)13)11-14-15-16-17(11)8-2-1-3-8/h4-6,8H,1-3,13H2. The van der Waals surface area contributed by atoms with Crippen LogP contribution in [0.4, 0.5) is 10.1 Å². The molecule has 1 aliphatic rings. The highest BCUT2D eigenvalue weighted by Gasteiger charge is 2.24. The first-order chi connectivity index (χ1) is 8.25. The Morgan fingerprint density at radius 1 is 1.35 bits per heavy atom. The number of rotatable bonds is 2. The third kappa shape index (κ3) is 1.65. The number of halogens is 1. The van der Waals surface area contributed by atoms with E-state index in [1.54, 1.807) is 10.7 Å². The van der Waals surface area contributed by atoms with Gasteiger partial charge in [-0.05, 0) is 47.9 Å². The first kappa shape index (κ1) is 10.2. The summed E-state index contributed by atoms with van der Waals surface area (Å²) in [7, 11) is 0. The molecule has 0 aliphatic heterocycles. The lowest BCUT2D eigenvalue weighted by molar-refractivity contribution is 0.287. The molecule has 5 nitrogen and oxygen atoms in total. The van der Waals surface area contributed by atoms with Crippen molar-refractivity contribution in [1.29, 1.82) is 0 Å². The van der Waals surface area contributed by atoms with Crippen LogP contribution in [0.3, 0.4) is 0 Å². The monoisotopic (exact) mass is 233 g/mol. The van der Waals surface area contributed by atoms with Crippen LogP contribution in [0.25, 0.3) is 11.4 Å². The zero-order valence-corrected chi connectivity index (χ0v) is 9.17. The number of aromatic nitrogens is 4. The van der Waals surface area contributed by atoms with Gasteiger partial charge in [-0.1, -0.05) is 0 Å². The van der Waals surface area contributed by atoms with Gasteiger partial charge in [-0.2, -0.15) is 0 Å². The lowest BCUT2D eigenvalue weighted by atomic mass is 9.93. The second kappa shape index (κ2) is 3.80. The summed E-state index contributed by atoms with van der Waals surface area (Å²) >= 11 is 0. The minimum absolute atomic E-state index is 0.136. The van der Waals surface area contributed by atoms with Crippen molar-refractivity contribution in [2.75, 3.05) is 5.73 Å². The van der Waals surface area contributed by atoms with Crippen molar-refractivity contribution in [1.82, 2.24) is 20.2 Å². The quantitative estimate of drug-likeness (QED) is 0.803. The van der Waals surface area contributed by atoms with Gasteiger partial charge >= 0.3 is 0 Å². The van der Waals surface area contributed by atoms with Crippen molar-refractivity contribution < 1.29 is 4.39 Å². The fraction of sp³-hybridized carbons (Fsp3) is 0.364. The molecule has 0 saturated heterocycles. The maximum atomic E-state index is 13.4. The Morgan fingerprint density at radius 3 is 2.82 bits per heavy atom. The van der Waals surface area contributed by atoms with Gasteiger partial charge in [0.25, 0.3) is 0 Å². The van der Waals surface area contributed by atoms with Crippen LogP contribution >= 0.6 is 0 Å². The Bertz CT molecular complexity index is 547. The number of nitrogen functional groups attached to an aromatic ring is 1. The highest BCUT2D eigenvalue weighted by Crippen LogP contribution is 2.33. The molecule has 1 aromatic heterocycles. The fourth-order valence-electron chi connectivity index (χ4n) is 1.93. The van der Waals surface area contributed by atoms with Crippen molar-refractivity contribution in [3.63, 3.8) is 0 Å². The molecule has 1 saturated carbocycles. The van der Waals surface area contributed by atoms with Crippen molar-refractivity contribution in [3.05, 3.63) is 24.0 Å². The largest absolute Gasteiger partial charge is 0.396 e. The third-order valence-corrected chi connectivity index (χ3v) is 3.17. The minimum atomic E-state index is -0.439. The van der Waals surface area contributed by atoms with E-state index in [0.717, 1.165) is 12.8 Å². The van der Waals surface area contributed by atoms with Gasteiger partial charge < -0.3 is 5.73 Å². The zero-order chi connectivity index (χ0) is 11.8. The maximum Gasteiger partial charge on any atom is 0.182 e. The molecule has 0 bridgehead atoms. The Labute approximate surface area is 97.4 Å². The van der Waals surface area contributed by atoms with Crippen LogP contribution in [0.2, 0.25) is 0 Å². The number of anilines is 1. The summed E-state index contributed by atoms with van der Waals surface area (Å²) in [5, 5.41) is 11.6. The molecule has 3 rings (SSSR count). The van der Waals surface area contributed by atoms with Crippen LogP contribution in [0, 0.1) is 5.82 Å². The molecule has 0 atom stereocenters. The van der Waals surface area contributed by atoms with E-state index in [2.05, 4.69) is 15.5 Å². The molecular weight excluding hydrogens is 221 g/mol. The topological polar surface area (TPSA) is 69.6 Å². The Morgan fingerprint density at radius 2 is 2.18 bits per heavy atom. The molecule has 2 N–H and O–H groups in total. The molecule has 0 radical (unpaired) electrons. The molecule has 1 aliphatic carbocycles. The van der Waals surface area contributed by atoms with E-state index in [-0.39, 0.29) is 5.69 Å². The minimum Gasteiger partial charge on any atom is -0.396 e. The van der Waals surface area contributed by atoms with Crippen LogP contribution in [-0.2, 0) is 0 Å². The highest BCUT2D eigenvalue weighted by molar-refractivity contribution is 5.59. The van der Waals surface area contributed by atoms with Gasteiger partial charge in [-0.3, -0.25) is 0 Å². The number of tetrazole rings is 1. The van der Waals surface area contributed by atoms with Gasteiger partial charge in [0.1, 0.15) is 5.82 Å². The van der Waals surface area contributed by atoms with Gasteiger partial charge in [-0.25, -0.2) is 9.07 Å². The predicted octanol–water partition coefficient (Wildman–Crippen LogP) is 1.79. The van der Waals surface area contributed by atoms with Crippen molar-refractivity contribution in [2.45, 2.75) is 25.3 Å². The molecule has 0 amide bonds. The molecule has 6 heteroatoms. The average molecular weight is 233 g/mol. The van der Waals surface area contributed by atoms with Crippen molar-refractivity contribution in [3.8, 4) is 11.4 Å². The van der Waals surface area contributed by atoms with Gasteiger partial charge in [-0.15, -0.1) is 5.10 Å². The summed E-state index contributed by atoms with van der Waals surface area (Å²) in [4.78, 5) is 0. The molecule has 0 spiro atoms. The first-order valence-electron chi connectivity index (χ1n) is 5.59. The maximum absolute atomic E-state index is 13.4. The molecule has 88 valence electrons. The number of hydrogen-bond donors (Lipinski definition) is 1. The Kier molecular flexibility index (Phi) is 2.28. The van der Waals surface area contributed by atoms with E-state index in [9.17, 15) is 4.39 Å². The highest BCUT2D eigenvalue weighted by atomic mass is 19.1. The van der Waals surface area contributed by atoms with Gasteiger partial charge in [0.05, 0.1) is 11.7 Å². The van der Waals surface area contributed by atoms with Crippen LogP contribution in [0.5, 0.6) is 0 Å². The number of benzene rings is 1. The molecule has 1 aromatic carbocycles. The van der Waals surface area contributed by atoms with Crippen LogP contribution < -0.4 is 5.73 Å². The van der Waals surface area contributed by atoms with Crippen LogP contribution in [0.1, 0.15) is 25.3 Å². The van der Waals surface area contributed by atoms with E-state index in [1.165, 1.54) is 18.6 Å². The molecule has 1 heterocycles. The number of nitrogens with two attached hydrogens (primary N) is 1. The summed E-state index contributed by atoms with van der Waals surface area (Å²) in [5.74, 6) is 0.166. The second-order valence-electron chi connectivity index (χ2n) is 4.27. The van der Waals surface area contributed by atoms with Crippen LogP contribution in [-0.4, -0.2) is 20.2 Å². The fourth-order valence-corrected chi connectivity index (χ4v) is 1.93. The van der Waals surface area contributed by atoms with E-state index in [0.29, 0.717) is 17.4 Å². The van der Waals surface area contributed by atoms with Gasteiger partial charge in [0.15, 0.2) is 5.82 Å². The summed E-state index contributed by atoms with van der Waals surface area (Å²) in [6, 6.07) is 4.99. The predicted molar refractivity (Wildman–Crippen MR) is 60.5 cm³/mol. The van der Waals surface area contributed by atoms with E-state index in [1.807, 2.05) is 0 Å². The summed E-state index contributed by atoms with van der Waals surface area (Å²) in [5.41, 5.74) is 6.24. The summed E-state index contributed by atoms with van der Waals surface area (Å²) in [6.07, 6.45) is 3.35. The molecular formula is C11H12FN5. The lowest BCUT2D eigenvalue weighted by Crippen LogP contribution is -2.19. The molecule has 0 unspecified atom stereocenters. The smallest absolute Gasteiger partial charge is 0.182 e. The number of hydrogen-bond acceptors (Lipinski definition) is 4. The van der Waals surface area contributed by atoms with E-state index in [4.69, 9.17) is 5.73 Å². The SMILES string of the molecule is Nc1ccc(-c2nnnn2C2CCC2)cc1F. The summed E-state index contributed by atoms with van der Waals surface area (Å²) < 4.78 is 15.2. The zero-order valence-electron chi connectivity index (χ0n) is 9.17. The second-order valence-corrected chi connectivity index (χ2v) is 4.27. The molecule has 17 heavy (non-hydrogen) atoms. The van der Waals surface area contributed by atoms with Crippen LogP contribution in [0.15, 0.2) is 18.2 Å². The van der Waals surface area contributed by atoms with Crippen molar-refractivity contribution >= 4 is 5.69 Å². The average Bonchev–Trinajstić information content (AvgIpc) is 2.68. The van der Waals surface area contributed by atoms with Crippen molar-refractivity contribution in [2.24, 2.45) is 0 Å². The lowest BCUT2D eigenvalue weighted by Gasteiger charge is -2.25. The van der Waals surface area contributed by atoms with E-state index >= 15 is 0 Å². The van der Waals surface area contributed by atoms with Gasteiger partial charge in [0.2, 0.25) is 0 Å². The molecule has 2 aromatic rings. The Hall–Kier alpha value is -1.98. The first-order valence-corrected chi connectivity index (χ1v) is 5.59. The normalized spacial score (nSPS) is 15.8. The molecule has 1 fully saturated rings. The number of nitrogens with zero attached hydrogens (tertiary/aromatic N) is 4. The summed E-state index contributed by atoms with van der Waals surface area (Å²) in [6.45, 7) is 0. The van der Waals surface area contributed by atoms with Gasteiger partial charge in [0, 0.05) is 5.56 Å². The van der Waals surface area contributed by atoms with E-state index < -0.39 is 5.82 Å².